The molecule has 1 saturated heterocycles. The van der Waals surface area contributed by atoms with Crippen LogP contribution in [0.5, 0.6) is 0 Å². The van der Waals surface area contributed by atoms with E-state index in [1.54, 1.807) is 4.90 Å². The predicted molar refractivity (Wildman–Crippen MR) is 95.2 cm³/mol. The Bertz CT molecular complexity index is 837. The average molecular weight is 405 g/mol. The van der Waals surface area contributed by atoms with Gasteiger partial charge in [-0.05, 0) is 43.0 Å². The Labute approximate surface area is 153 Å². The number of carbonyl (C=O) groups excluding carboxylic acids is 1. The minimum atomic E-state index is -3.77. The number of hydrogen-bond acceptors (Lipinski definition) is 6. The molecule has 0 bridgehead atoms. The SMILES string of the molecule is CONS(=O)(=O)c1ccc(C(=O)N2CCC[C@@H](CNS(C)(=O)=O)C2)cc1. The van der Waals surface area contributed by atoms with Crippen molar-refractivity contribution in [2.75, 3.05) is 33.0 Å². The third kappa shape index (κ3) is 5.74. The number of carbonyl (C=O) groups is 1. The fourth-order valence-electron chi connectivity index (χ4n) is 2.80. The lowest BCUT2D eigenvalue weighted by Gasteiger charge is -2.32. The van der Waals surface area contributed by atoms with Crippen molar-refractivity contribution >= 4 is 26.0 Å². The second-order valence-electron chi connectivity index (χ2n) is 6.20. The standard InChI is InChI=1S/C15H23N3O6S2/c1-24-17-26(22,23)14-7-5-13(6-8-14)15(19)18-9-3-4-12(11-18)10-16-25(2,20)21/h5-8,12,16-17H,3-4,9-11H2,1-2H3/t12-/m0/s1. The van der Waals surface area contributed by atoms with Gasteiger partial charge in [0.2, 0.25) is 10.0 Å². The lowest BCUT2D eigenvalue weighted by molar-refractivity contribution is 0.0676. The van der Waals surface area contributed by atoms with E-state index in [4.69, 9.17) is 0 Å². The molecule has 26 heavy (non-hydrogen) atoms. The number of benzene rings is 1. The van der Waals surface area contributed by atoms with Crippen molar-refractivity contribution in [2.45, 2.75) is 17.7 Å². The van der Waals surface area contributed by atoms with Gasteiger partial charge in [0.05, 0.1) is 18.3 Å². The van der Waals surface area contributed by atoms with Crippen LogP contribution in [0.1, 0.15) is 23.2 Å². The molecule has 1 amide bonds. The van der Waals surface area contributed by atoms with Crippen molar-refractivity contribution in [2.24, 2.45) is 5.92 Å². The van der Waals surface area contributed by atoms with Crippen LogP contribution < -0.4 is 9.61 Å². The molecular weight excluding hydrogens is 382 g/mol. The highest BCUT2D eigenvalue weighted by Crippen LogP contribution is 2.19. The van der Waals surface area contributed by atoms with E-state index in [9.17, 15) is 21.6 Å². The number of piperidine rings is 1. The largest absolute Gasteiger partial charge is 0.338 e. The van der Waals surface area contributed by atoms with Gasteiger partial charge < -0.3 is 4.90 Å². The van der Waals surface area contributed by atoms with Crippen LogP contribution in [0.15, 0.2) is 29.2 Å². The van der Waals surface area contributed by atoms with E-state index in [1.165, 1.54) is 31.4 Å². The van der Waals surface area contributed by atoms with Crippen LogP contribution in [-0.2, 0) is 24.9 Å². The van der Waals surface area contributed by atoms with Gasteiger partial charge in [-0.25, -0.2) is 21.6 Å². The van der Waals surface area contributed by atoms with E-state index in [0.29, 0.717) is 25.2 Å². The Morgan fingerprint density at radius 1 is 1.23 bits per heavy atom. The molecule has 1 aliphatic rings. The summed E-state index contributed by atoms with van der Waals surface area (Å²) in [6.07, 6.45) is 2.73. The fourth-order valence-corrected chi connectivity index (χ4v) is 4.15. The first-order valence-corrected chi connectivity index (χ1v) is 11.4. The molecule has 1 aromatic carbocycles. The van der Waals surface area contributed by atoms with Crippen molar-refractivity contribution in [3.05, 3.63) is 29.8 Å². The van der Waals surface area contributed by atoms with Gasteiger partial charge in [0, 0.05) is 25.2 Å². The van der Waals surface area contributed by atoms with Gasteiger partial charge in [-0.3, -0.25) is 9.63 Å². The lowest BCUT2D eigenvalue weighted by Crippen LogP contribution is -2.43. The second-order valence-corrected chi connectivity index (χ2v) is 9.67. The Morgan fingerprint density at radius 3 is 2.46 bits per heavy atom. The topological polar surface area (TPSA) is 122 Å². The highest BCUT2D eigenvalue weighted by Gasteiger charge is 2.25. The maximum Gasteiger partial charge on any atom is 0.262 e. The van der Waals surface area contributed by atoms with Gasteiger partial charge in [-0.1, -0.05) is 4.89 Å². The molecule has 11 heteroatoms. The molecule has 2 N–H and O–H groups in total. The fraction of sp³-hybridized carbons (Fsp3) is 0.533. The van der Waals surface area contributed by atoms with Crippen LogP contribution >= 0.6 is 0 Å². The Balaban J connectivity index is 2.04. The molecule has 1 atom stereocenters. The quantitative estimate of drug-likeness (QED) is 0.612. The number of rotatable bonds is 7. The Hall–Kier alpha value is -1.53. The van der Waals surface area contributed by atoms with Crippen LogP contribution in [0, 0.1) is 5.92 Å². The van der Waals surface area contributed by atoms with Gasteiger partial charge >= 0.3 is 0 Å². The van der Waals surface area contributed by atoms with Gasteiger partial charge in [0.1, 0.15) is 0 Å². The van der Waals surface area contributed by atoms with E-state index in [1.807, 2.05) is 4.89 Å². The molecule has 1 fully saturated rings. The zero-order chi connectivity index (χ0) is 19.4. The van der Waals surface area contributed by atoms with E-state index in [0.717, 1.165) is 19.1 Å². The molecule has 0 aliphatic carbocycles. The summed E-state index contributed by atoms with van der Waals surface area (Å²) in [7, 11) is -5.84. The molecule has 1 heterocycles. The number of nitrogens with one attached hydrogen (secondary N) is 2. The summed E-state index contributed by atoms with van der Waals surface area (Å²) in [5.41, 5.74) is 0.373. The predicted octanol–water partition coefficient (Wildman–Crippen LogP) is -0.0723. The maximum absolute atomic E-state index is 12.6. The smallest absolute Gasteiger partial charge is 0.262 e. The van der Waals surface area contributed by atoms with Crippen molar-refractivity contribution in [1.82, 2.24) is 14.5 Å². The van der Waals surface area contributed by atoms with E-state index in [-0.39, 0.29) is 16.7 Å². The van der Waals surface area contributed by atoms with Gasteiger partial charge in [0.25, 0.3) is 15.9 Å². The number of amides is 1. The molecule has 9 nitrogen and oxygen atoms in total. The summed E-state index contributed by atoms with van der Waals surface area (Å²) >= 11 is 0. The molecule has 2 rings (SSSR count). The van der Waals surface area contributed by atoms with Crippen molar-refractivity contribution in [3.63, 3.8) is 0 Å². The minimum absolute atomic E-state index is 0.00947. The first kappa shape index (κ1) is 20.8. The van der Waals surface area contributed by atoms with Gasteiger partial charge in [0.15, 0.2) is 0 Å². The van der Waals surface area contributed by atoms with Crippen LogP contribution in [-0.4, -0.2) is 60.6 Å². The molecular formula is C15H23N3O6S2. The third-order valence-corrected chi connectivity index (χ3v) is 6.01. The van der Waals surface area contributed by atoms with Crippen LogP contribution in [0.25, 0.3) is 0 Å². The summed E-state index contributed by atoms with van der Waals surface area (Å²) in [6.45, 7) is 1.33. The van der Waals surface area contributed by atoms with Crippen molar-refractivity contribution in [3.8, 4) is 0 Å². The molecule has 0 unspecified atom stereocenters. The number of nitrogens with zero attached hydrogens (tertiary/aromatic N) is 1. The van der Waals surface area contributed by atoms with Crippen LogP contribution in [0.4, 0.5) is 0 Å². The number of hydrogen-bond donors (Lipinski definition) is 2. The molecule has 0 radical (unpaired) electrons. The summed E-state index contributed by atoms with van der Waals surface area (Å²) < 4.78 is 48.6. The normalized spacial score (nSPS) is 18.7. The third-order valence-electron chi connectivity index (χ3n) is 4.05. The highest BCUT2D eigenvalue weighted by molar-refractivity contribution is 7.89. The summed E-state index contributed by atoms with van der Waals surface area (Å²) in [6, 6.07) is 5.57. The molecule has 0 spiro atoms. The Kier molecular flexibility index (Phi) is 6.74. The monoisotopic (exact) mass is 405 g/mol. The van der Waals surface area contributed by atoms with E-state index >= 15 is 0 Å². The van der Waals surface area contributed by atoms with E-state index < -0.39 is 20.0 Å². The zero-order valence-electron chi connectivity index (χ0n) is 14.6. The van der Waals surface area contributed by atoms with E-state index in [2.05, 4.69) is 9.56 Å². The maximum atomic E-state index is 12.6. The number of likely N-dealkylation sites (tertiary alicyclic amines) is 1. The summed E-state index contributed by atoms with van der Waals surface area (Å²) in [5, 5.41) is 0. The van der Waals surface area contributed by atoms with Crippen LogP contribution in [0.3, 0.4) is 0 Å². The van der Waals surface area contributed by atoms with Crippen molar-refractivity contribution in [1.29, 1.82) is 0 Å². The molecule has 1 aliphatic heterocycles. The van der Waals surface area contributed by atoms with Gasteiger partial charge in [-0.2, -0.15) is 0 Å². The van der Waals surface area contributed by atoms with Gasteiger partial charge in [-0.15, -0.1) is 0 Å². The molecule has 0 aromatic heterocycles. The summed E-state index contributed by atoms with van der Waals surface area (Å²) in [5.74, 6) is -0.161. The Morgan fingerprint density at radius 2 is 1.88 bits per heavy atom. The molecule has 0 saturated carbocycles. The second kappa shape index (κ2) is 8.44. The lowest BCUT2D eigenvalue weighted by atomic mass is 9.97. The first-order chi connectivity index (χ1) is 12.1. The van der Waals surface area contributed by atoms with Crippen molar-refractivity contribution < 1.29 is 26.5 Å². The number of sulfonamides is 2. The molecule has 146 valence electrons. The minimum Gasteiger partial charge on any atom is -0.338 e. The molecule has 1 aromatic rings. The van der Waals surface area contributed by atoms with Crippen LogP contribution in [0.2, 0.25) is 0 Å². The highest BCUT2D eigenvalue weighted by atomic mass is 32.2. The zero-order valence-corrected chi connectivity index (χ0v) is 16.3. The average Bonchev–Trinajstić information content (AvgIpc) is 2.59. The first-order valence-electron chi connectivity index (χ1n) is 8.01. The summed E-state index contributed by atoms with van der Waals surface area (Å²) in [4.78, 5) is 20.6.